The molecule has 22 heavy (non-hydrogen) atoms. The van der Waals surface area contributed by atoms with Gasteiger partial charge < -0.3 is 0 Å². The van der Waals surface area contributed by atoms with Crippen LogP contribution in [0.2, 0.25) is 10.2 Å². The SMILES string of the molecule is CC(C)(C)[S@@](=O)N[C@@H](c1cnc(Cl)c(Cl)c1)C1CCCCC1. The molecule has 1 aromatic heterocycles. The van der Waals surface area contributed by atoms with Crippen molar-refractivity contribution < 1.29 is 4.21 Å². The highest BCUT2D eigenvalue weighted by Crippen LogP contribution is 2.36. The zero-order valence-corrected chi connectivity index (χ0v) is 15.7. The average molecular weight is 363 g/mol. The van der Waals surface area contributed by atoms with E-state index in [1.165, 1.54) is 19.3 Å². The van der Waals surface area contributed by atoms with E-state index in [1.54, 1.807) is 6.20 Å². The summed E-state index contributed by atoms with van der Waals surface area (Å²) in [6.07, 6.45) is 7.75. The van der Waals surface area contributed by atoms with E-state index in [0.29, 0.717) is 16.1 Å². The lowest BCUT2D eigenvalue weighted by Crippen LogP contribution is -2.39. The third-order valence-corrected chi connectivity index (χ3v) is 6.35. The zero-order valence-electron chi connectivity index (χ0n) is 13.4. The molecule has 3 nitrogen and oxygen atoms in total. The normalized spacial score (nSPS) is 19.9. The van der Waals surface area contributed by atoms with Gasteiger partial charge in [-0.1, -0.05) is 42.5 Å². The first-order valence-electron chi connectivity index (χ1n) is 7.78. The number of pyridine rings is 1. The van der Waals surface area contributed by atoms with E-state index in [1.807, 2.05) is 26.8 Å². The van der Waals surface area contributed by atoms with Gasteiger partial charge in [0.25, 0.3) is 0 Å². The predicted octanol–water partition coefficient (Wildman–Crippen LogP) is 5.06. The summed E-state index contributed by atoms with van der Waals surface area (Å²) >= 11 is 12.1. The average Bonchev–Trinajstić information content (AvgIpc) is 2.47. The van der Waals surface area contributed by atoms with Crippen LogP contribution in [0.25, 0.3) is 0 Å². The molecule has 0 aliphatic heterocycles. The van der Waals surface area contributed by atoms with Crippen LogP contribution in [-0.4, -0.2) is 13.9 Å². The fourth-order valence-corrected chi connectivity index (χ4v) is 3.99. The molecule has 0 aromatic carbocycles. The van der Waals surface area contributed by atoms with Crippen molar-refractivity contribution in [3.05, 3.63) is 28.0 Å². The van der Waals surface area contributed by atoms with Crippen LogP contribution in [0.1, 0.15) is 64.5 Å². The highest BCUT2D eigenvalue weighted by molar-refractivity contribution is 7.84. The summed E-state index contributed by atoms with van der Waals surface area (Å²) in [6.45, 7) is 5.92. The highest BCUT2D eigenvalue weighted by Gasteiger charge is 2.30. The molecule has 0 saturated heterocycles. The predicted molar refractivity (Wildman–Crippen MR) is 94.6 cm³/mol. The summed E-state index contributed by atoms with van der Waals surface area (Å²) in [5.74, 6) is 0.457. The smallest absolute Gasteiger partial charge is 0.147 e. The number of aromatic nitrogens is 1. The van der Waals surface area contributed by atoms with Crippen molar-refractivity contribution in [2.45, 2.75) is 63.7 Å². The van der Waals surface area contributed by atoms with Crippen LogP contribution >= 0.6 is 23.2 Å². The molecule has 0 radical (unpaired) electrons. The van der Waals surface area contributed by atoms with Crippen LogP contribution in [0.4, 0.5) is 0 Å². The summed E-state index contributed by atoms with van der Waals surface area (Å²) in [7, 11) is -1.14. The van der Waals surface area contributed by atoms with Gasteiger partial charge in [0.2, 0.25) is 0 Å². The van der Waals surface area contributed by atoms with Crippen LogP contribution in [-0.2, 0) is 11.0 Å². The maximum atomic E-state index is 12.6. The number of nitrogens with one attached hydrogen (secondary N) is 1. The molecule has 1 heterocycles. The first-order chi connectivity index (χ1) is 10.3. The second kappa shape index (κ2) is 7.61. The minimum atomic E-state index is -1.14. The van der Waals surface area contributed by atoms with Gasteiger partial charge in [-0.25, -0.2) is 13.9 Å². The van der Waals surface area contributed by atoms with E-state index >= 15 is 0 Å². The molecule has 0 bridgehead atoms. The van der Waals surface area contributed by atoms with Gasteiger partial charge in [0, 0.05) is 12.2 Å². The van der Waals surface area contributed by atoms with Gasteiger partial charge in [0.1, 0.15) is 5.15 Å². The molecule has 1 aromatic rings. The van der Waals surface area contributed by atoms with Crippen LogP contribution < -0.4 is 4.72 Å². The first-order valence-corrected chi connectivity index (χ1v) is 9.68. The Labute approximate surface area is 145 Å². The number of hydrogen-bond acceptors (Lipinski definition) is 2. The van der Waals surface area contributed by atoms with Gasteiger partial charge in [0.15, 0.2) is 0 Å². The molecule has 0 amide bonds. The van der Waals surface area contributed by atoms with E-state index in [0.717, 1.165) is 18.4 Å². The lowest BCUT2D eigenvalue weighted by atomic mass is 9.82. The Balaban J connectivity index is 2.27. The van der Waals surface area contributed by atoms with Crippen molar-refractivity contribution in [1.29, 1.82) is 0 Å². The van der Waals surface area contributed by atoms with E-state index in [2.05, 4.69) is 9.71 Å². The standard InChI is InChI=1S/C16H24Cl2N2OS/c1-16(2,3)22(21)20-14(11-7-5-4-6-8-11)12-9-13(17)15(18)19-10-12/h9-11,14,20H,4-8H2,1-3H3/t14-,22-/m1/s1. The Morgan fingerprint density at radius 3 is 2.45 bits per heavy atom. The molecule has 1 N–H and O–H groups in total. The quantitative estimate of drug-likeness (QED) is 0.760. The van der Waals surface area contributed by atoms with Crippen molar-refractivity contribution in [2.75, 3.05) is 0 Å². The van der Waals surface area contributed by atoms with Crippen LogP contribution in [0.5, 0.6) is 0 Å². The molecule has 0 unspecified atom stereocenters. The third-order valence-electron chi connectivity index (χ3n) is 4.09. The van der Waals surface area contributed by atoms with E-state index in [9.17, 15) is 4.21 Å². The molecule has 0 spiro atoms. The van der Waals surface area contributed by atoms with E-state index < -0.39 is 11.0 Å². The van der Waals surface area contributed by atoms with Gasteiger partial charge in [0.05, 0.1) is 20.8 Å². The van der Waals surface area contributed by atoms with Gasteiger partial charge >= 0.3 is 0 Å². The van der Waals surface area contributed by atoms with Crippen molar-refractivity contribution >= 4 is 34.2 Å². The highest BCUT2D eigenvalue weighted by atomic mass is 35.5. The summed E-state index contributed by atoms with van der Waals surface area (Å²) in [5, 5.41) is 0.757. The van der Waals surface area contributed by atoms with Gasteiger partial charge in [-0.05, 0) is 51.2 Å². The Hall–Kier alpha value is -0.160. The van der Waals surface area contributed by atoms with Crippen molar-refractivity contribution in [2.24, 2.45) is 5.92 Å². The molecule has 1 saturated carbocycles. The molecule has 1 fully saturated rings. The molecular formula is C16H24Cl2N2OS. The molecule has 6 heteroatoms. The Morgan fingerprint density at radius 1 is 1.27 bits per heavy atom. The molecule has 2 rings (SSSR count). The number of halogens is 2. The molecule has 1 aliphatic carbocycles. The largest absolute Gasteiger partial charge is 0.243 e. The molecule has 124 valence electrons. The Kier molecular flexibility index (Phi) is 6.29. The monoisotopic (exact) mass is 362 g/mol. The molecule has 2 atom stereocenters. The summed E-state index contributed by atoms with van der Waals surface area (Å²) < 4.78 is 15.6. The third kappa shape index (κ3) is 4.67. The van der Waals surface area contributed by atoms with Crippen molar-refractivity contribution in [1.82, 2.24) is 9.71 Å². The fourth-order valence-electron chi connectivity index (χ4n) is 2.80. The molecule has 1 aliphatic rings. The lowest BCUT2D eigenvalue weighted by molar-refractivity contribution is 0.295. The van der Waals surface area contributed by atoms with Gasteiger partial charge in [-0.3, -0.25) is 0 Å². The zero-order chi connectivity index (χ0) is 16.3. The molecular weight excluding hydrogens is 339 g/mol. The Bertz CT molecular complexity index is 539. The summed E-state index contributed by atoms with van der Waals surface area (Å²) in [5.41, 5.74) is 0.971. The van der Waals surface area contributed by atoms with E-state index in [-0.39, 0.29) is 10.8 Å². The van der Waals surface area contributed by atoms with Crippen molar-refractivity contribution in [3.63, 3.8) is 0 Å². The summed E-state index contributed by atoms with van der Waals surface area (Å²) in [6, 6.07) is 1.85. The second-order valence-electron chi connectivity index (χ2n) is 6.92. The number of hydrogen-bond donors (Lipinski definition) is 1. The number of nitrogens with zero attached hydrogens (tertiary/aromatic N) is 1. The van der Waals surface area contributed by atoms with Crippen LogP contribution in [0.15, 0.2) is 12.3 Å². The minimum Gasteiger partial charge on any atom is -0.243 e. The van der Waals surface area contributed by atoms with Crippen molar-refractivity contribution in [3.8, 4) is 0 Å². The summed E-state index contributed by atoms with van der Waals surface area (Å²) in [4.78, 5) is 4.16. The number of rotatable bonds is 4. The maximum absolute atomic E-state index is 12.6. The lowest BCUT2D eigenvalue weighted by Gasteiger charge is -2.33. The Morgan fingerprint density at radius 2 is 1.91 bits per heavy atom. The van der Waals surface area contributed by atoms with Crippen LogP contribution in [0, 0.1) is 5.92 Å². The fraction of sp³-hybridized carbons (Fsp3) is 0.688. The maximum Gasteiger partial charge on any atom is 0.147 e. The van der Waals surface area contributed by atoms with Crippen LogP contribution in [0.3, 0.4) is 0 Å². The topological polar surface area (TPSA) is 42.0 Å². The van der Waals surface area contributed by atoms with E-state index in [4.69, 9.17) is 23.2 Å². The first kappa shape index (κ1) is 18.2. The minimum absolute atomic E-state index is 0.00243. The van der Waals surface area contributed by atoms with Gasteiger partial charge in [-0.2, -0.15) is 0 Å². The van der Waals surface area contributed by atoms with Gasteiger partial charge in [-0.15, -0.1) is 0 Å². The second-order valence-corrected chi connectivity index (χ2v) is 9.68.